The standard InChI is InChI=1S/C17H19NO2/c1-13-6-5-7-14(10-13)12-18-17(20)11-16(19)15-8-3-2-4-9-15/h2-10,16,19H,11-12H2,1H3,(H,18,20). The van der Waals surface area contributed by atoms with Crippen LogP contribution in [0.4, 0.5) is 0 Å². The molecule has 0 aliphatic heterocycles. The van der Waals surface area contributed by atoms with Gasteiger partial charge in [0.05, 0.1) is 12.5 Å². The van der Waals surface area contributed by atoms with Gasteiger partial charge in [-0.25, -0.2) is 0 Å². The number of carbonyl (C=O) groups is 1. The Kier molecular flexibility index (Phi) is 4.91. The molecule has 1 amide bonds. The minimum atomic E-state index is -0.756. The third kappa shape index (κ3) is 4.21. The van der Waals surface area contributed by atoms with E-state index in [9.17, 15) is 9.90 Å². The van der Waals surface area contributed by atoms with Crippen molar-refractivity contribution in [2.24, 2.45) is 0 Å². The van der Waals surface area contributed by atoms with Gasteiger partial charge in [0.1, 0.15) is 0 Å². The highest BCUT2D eigenvalue weighted by molar-refractivity contribution is 5.76. The van der Waals surface area contributed by atoms with Crippen LogP contribution in [0, 0.1) is 6.92 Å². The third-order valence-electron chi connectivity index (χ3n) is 3.14. The Labute approximate surface area is 119 Å². The van der Waals surface area contributed by atoms with Crippen LogP contribution in [-0.4, -0.2) is 11.0 Å². The number of hydrogen-bond acceptors (Lipinski definition) is 2. The van der Waals surface area contributed by atoms with Gasteiger partial charge in [0.25, 0.3) is 0 Å². The second-order valence-electron chi connectivity index (χ2n) is 4.90. The van der Waals surface area contributed by atoms with Crippen molar-refractivity contribution in [3.63, 3.8) is 0 Å². The maximum atomic E-state index is 11.8. The Morgan fingerprint density at radius 3 is 2.60 bits per heavy atom. The lowest BCUT2D eigenvalue weighted by Crippen LogP contribution is -2.24. The zero-order valence-electron chi connectivity index (χ0n) is 11.5. The van der Waals surface area contributed by atoms with Gasteiger partial charge in [0, 0.05) is 6.54 Å². The molecule has 0 aliphatic rings. The second-order valence-corrected chi connectivity index (χ2v) is 4.90. The van der Waals surface area contributed by atoms with Gasteiger partial charge in [0.2, 0.25) is 5.91 Å². The summed E-state index contributed by atoms with van der Waals surface area (Å²) in [5.41, 5.74) is 2.99. The highest BCUT2D eigenvalue weighted by atomic mass is 16.3. The summed E-state index contributed by atoms with van der Waals surface area (Å²) in [6, 6.07) is 17.2. The third-order valence-corrected chi connectivity index (χ3v) is 3.14. The van der Waals surface area contributed by atoms with Crippen molar-refractivity contribution in [2.75, 3.05) is 0 Å². The fourth-order valence-electron chi connectivity index (χ4n) is 2.06. The Balaban J connectivity index is 1.84. The van der Waals surface area contributed by atoms with Gasteiger partial charge in [-0.2, -0.15) is 0 Å². The highest BCUT2D eigenvalue weighted by Gasteiger charge is 2.12. The molecule has 104 valence electrons. The van der Waals surface area contributed by atoms with E-state index in [1.807, 2.05) is 61.5 Å². The molecule has 1 unspecified atom stereocenters. The first-order valence-electron chi connectivity index (χ1n) is 6.70. The summed E-state index contributed by atoms with van der Waals surface area (Å²) in [5.74, 6) is -0.150. The molecule has 1 atom stereocenters. The minimum Gasteiger partial charge on any atom is -0.388 e. The molecule has 0 aliphatic carbocycles. The first kappa shape index (κ1) is 14.3. The average Bonchev–Trinajstić information content (AvgIpc) is 2.46. The van der Waals surface area contributed by atoms with E-state index in [1.165, 1.54) is 5.56 Å². The summed E-state index contributed by atoms with van der Waals surface area (Å²) < 4.78 is 0. The summed E-state index contributed by atoms with van der Waals surface area (Å²) in [6.45, 7) is 2.51. The van der Waals surface area contributed by atoms with E-state index in [2.05, 4.69) is 5.32 Å². The van der Waals surface area contributed by atoms with Crippen molar-refractivity contribution in [3.8, 4) is 0 Å². The predicted molar refractivity (Wildman–Crippen MR) is 79.0 cm³/mol. The van der Waals surface area contributed by atoms with Crippen LogP contribution in [0.1, 0.15) is 29.2 Å². The molecule has 0 saturated heterocycles. The van der Waals surface area contributed by atoms with Crippen LogP contribution in [0.15, 0.2) is 54.6 Å². The van der Waals surface area contributed by atoms with Crippen LogP contribution in [0.3, 0.4) is 0 Å². The normalized spacial score (nSPS) is 11.9. The van der Waals surface area contributed by atoms with Gasteiger partial charge < -0.3 is 10.4 Å². The van der Waals surface area contributed by atoms with Crippen LogP contribution in [-0.2, 0) is 11.3 Å². The van der Waals surface area contributed by atoms with Crippen LogP contribution in [0.5, 0.6) is 0 Å². The molecule has 2 aromatic rings. The number of rotatable bonds is 5. The molecule has 0 bridgehead atoms. The summed E-state index contributed by atoms with van der Waals surface area (Å²) in [5, 5.41) is 12.8. The van der Waals surface area contributed by atoms with E-state index in [-0.39, 0.29) is 12.3 Å². The minimum absolute atomic E-state index is 0.0792. The zero-order valence-corrected chi connectivity index (χ0v) is 11.5. The topological polar surface area (TPSA) is 49.3 Å². The molecule has 0 saturated carbocycles. The maximum absolute atomic E-state index is 11.8. The fourth-order valence-corrected chi connectivity index (χ4v) is 2.06. The average molecular weight is 269 g/mol. The van der Waals surface area contributed by atoms with Crippen molar-refractivity contribution in [2.45, 2.75) is 26.0 Å². The van der Waals surface area contributed by atoms with E-state index >= 15 is 0 Å². The second kappa shape index (κ2) is 6.87. The molecule has 2 rings (SSSR count). The fraction of sp³-hybridized carbons (Fsp3) is 0.235. The molecule has 2 aromatic carbocycles. The van der Waals surface area contributed by atoms with Crippen molar-refractivity contribution in [3.05, 3.63) is 71.3 Å². The summed E-state index contributed by atoms with van der Waals surface area (Å²) in [7, 11) is 0. The molecule has 0 fully saturated rings. The lowest BCUT2D eigenvalue weighted by atomic mass is 10.1. The summed E-state index contributed by atoms with van der Waals surface area (Å²) >= 11 is 0. The molecular weight excluding hydrogens is 250 g/mol. The highest BCUT2D eigenvalue weighted by Crippen LogP contribution is 2.15. The first-order chi connectivity index (χ1) is 9.65. The van der Waals surface area contributed by atoms with Crippen molar-refractivity contribution >= 4 is 5.91 Å². The van der Waals surface area contributed by atoms with E-state index in [0.717, 1.165) is 11.1 Å². The number of benzene rings is 2. The van der Waals surface area contributed by atoms with E-state index in [1.54, 1.807) is 0 Å². The number of amides is 1. The molecule has 0 radical (unpaired) electrons. The molecule has 20 heavy (non-hydrogen) atoms. The number of aryl methyl sites for hydroxylation is 1. The molecule has 2 N–H and O–H groups in total. The van der Waals surface area contributed by atoms with E-state index in [0.29, 0.717) is 6.54 Å². The quantitative estimate of drug-likeness (QED) is 0.877. The maximum Gasteiger partial charge on any atom is 0.223 e. The molecule has 3 nitrogen and oxygen atoms in total. The van der Waals surface area contributed by atoms with Crippen molar-refractivity contribution in [1.29, 1.82) is 0 Å². The van der Waals surface area contributed by atoms with E-state index in [4.69, 9.17) is 0 Å². The Bertz CT molecular complexity index is 566. The lowest BCUT2D eigenvalue weighted by molar-refractivity contribution is -0.123. The van der Waals surface area contributed by atoms with Crippen LogP contribution < -0.4 is 5.32 Å². The monoisotopic (exact) mass is 269 g/mol. The number of hydrogen-bond donors (Lipinski definition) is 2. The first-order valence-corrected chi connectivity index (χ1v) is 6.70. The van der Waals surface area contributed by atoms with E-state index < -0.39 is 6.10 Å². The zero-order chi connectivity index (χ0) is 14.4. The van der Waals surface area contributed by atoms with Gasteiger partial charge >= 0.3 is 0 Å². The van der Waals surface area contributed by atoms with Gasteiger partial charge in [-0.1, -0.05) is 60.2 Å². The van der Waals surface area contributed by atoms with Crippen molar-refractivity contribution in [1.82, 2.24) is 5.32 Å². The number of aliphatic hydroxyl groups is 1. The number of carbonyl (C=O) groups excluding carboxylic acids is 1. The van der Waals surface area contributed by atoms with Gasteiger partial charge in [-0.3, -0.25) is 4.79 Å². The SMILES string of the molecule is Cc1cccc(CNC(=O)CC(O)c2ccccc2)c1. The molecule has 0 spiro atoms. The Hall–Kier alpha value is -2.13. The Morgan fingerprint density at radius 1 is 1.15 bits per heavy atom. The van der Waals surface area contributed by atoms with Crippen LogP contribution in [0.2, 0.25) is 0 Å². The Morgan fingerprint density at radius 2 is 1.90 bits per heavy atom. The molecule has 3 heteroatoms. The largest absolute Gasteiger partial charge is 0.388 e. The summed E-state index contributed by atoms with van der Waals surface area (Å²) in [4.78, 5) is 11.8. The number of aliphatic hydroxyl groups excluding tert-OH is 1. The van der Waals surface area contributed by atoms with Gasteiger partial charge in [-0.15, -0.1) is 0 Å². The van der Waals surface area contributed by atoms with Crippen molar-refractivity contribution < 1.29 is 9.90 Å². The predicted octanol–water partition coefficient (Wildman–Crippen LogP) is 2.73. The van der Waals surface area contributed by atoms with Gasteiger partial charge in [-0.05, 0) is 18.1 Å². The summed E-state index contributed by atoms with van der Waals surface area (Å²) in [6.07, 6.45) is -0.677. The molecule has 0 aromatic heterocycles. The smallest absolute Gasteiger partial charge is 0.223 e. The molecule has 0 heterocycles. The van der Waals surface area contributed by atoms with Crippen LogP contribution >= 0.6 is 0 Å². The van der Waals surface area contributed by atoms with Crippen LogP contribution in [0.25, 0.3) is 0 Å². The molecular formula is C17H19NO2. The lowest BCUT2D eigenvalue weighted by Gasteiger charge is -2.11. The number of nitrogens with one attached hydrogen (secondary N) is 1. The van der Waals surface area contributed by atoms with Gasteiger partial charge in [0.15, 0.2) is 0 Å².